The maximum absolute atomic E-state index is 12.6. The lowest BCUT2D eigenvalue weighted by Crippen LogP contribution is -2.27. The van der Waals surface area contributed by atoms with Crippen molar-refractivity contribution in [2.45, 2.75) is 33.7 Å². The van der Waals surface area contributed by atoms with Gasteiger partial charge in [-0.2, -0.15) is 0 Å². The second kappa shape index (κ2) is 8.95. The fourth-order valence-corrected chi connectivity index (χ4v) is 4.10. The molecule has 0 fully saturated rings. The maximum Gasteiger partial charge on any atom is 0.267 e. The van der Waals surface area contributed by atoms with Crippen LogP contribution in [0.15, 0.2) is 35.7 Å². The Labute approximate surface area is 163 Å². The molecule has 0 saturated carbocycles. The van der Waals surface area contributed by atoms with Crippen LogP contribution in [0, 0.1) is 0 Å². The minimum atomic E-state index is -0.0313. The van der Waals surface area contributed by atoms with Crippen molar-refractivity contribution in [2.24, 2.45) is 0 Å². The summed E-state index contributed by atoms with van der Waals surface area (Å²) in [5.74, 6) is 1.48. The average Bonchev–Trinajstić information content (AvgIpc) is 3.25. The maximum atomic E-state index is 12.6. The van der Waals surface area contributed by atoms with Gasteiger partial charge in [-0.3, -0.25) is 4.79 Å². The van der Waals surface area contributed by atoms with Crippen LogP contribution >= 0.6 is 11.3 Å². The van der Waals surface area contributed by atoms with Crippen molar-refractivity contribution in [1.29, 1.82) is 0 Å². The number of amides is 1. The highest BCUT2D eigenvalue weighted by molar-refractivity contribution is 7.16. The van der Waals surface area contributed by atoms with Crippen molar-refractivity contribution < 1.29 is 14.3 Å². The number of thiophene rings is 1. The molecule has 0 aliphatic rings. The quantitative estimate of drug-likeness (QED) is 0.589. The van der Waals surface area contributed by atoms with Gasteiger partial charge in [-0.25, -0.2) is 0 Å². The number of carbonyl (C=O) groups excluding carboxylic acids is 1. The molecule has 0 radical (unpaired) electrons. The molecule has 5 nitrogen and oxygen atoms in total. The number of benzene rings is 1. The van der Waals surface area contributed by atoms with Gasteiger partial charge < -0.3 is 19.4 Å². The molecule has 0 bridgehead atoms. The Morgan fingerprint density at radius 1 is 1.07 bits per heavy atom. The first-order valence-electron chi connectivity index (χ1n) is 9.41. The molecule has 0 aliphatic heterocycles. The zero-order chi connectivity index (χ0) is 19.2. The molecule has 2 heterocycles. The molecule has 27 heavy (non-hydrogen) atoms. The first kappa shape index (κ1) is 19.3. The highest BCUT2D eigenvalue weighted by Crippen LogP contribution is 2.29. The van der Waals surface area contributed by atoms with E-state index in [4.69, 9.17) is 9.47 Å². The van der Waals surface area contributed by atoms with E-state index in [2.05, 4.69) is 28.3 Å². The van der Waals surface area contributed by atoms with Crippen molar-refractivity contribution in [3.05, 3.63) is 47.0 Å². The van der Waals surface area contributed by atoms with Gasteiger partial charge in [-0.15, -0.1) is 11.3 Å². The molecular formula is C21H26N2O3S. The van der Waals surface area contributed by atoms with E-state index in [-0.39, 0.29) is 5.91 Å². The van der Waals surface area contributed by atoms with Crippen LogP contribution in [0.2, 0.25) is 0 Å². The number of fused-ring (bicyclic) bond motifs is 1. The summed E-state index contributed by atoms with van der Waals surface area (Å²) < 4.78 is 13.3. The molecular weight excluding hydrogens is 360 g/mol. The van der Waals surface area contributed by atoms with E-state index >= 15 is 0 Å². The number of ether oxygens (including phenoxy) is 2. The molecule has 0 atom stereocenters. The summed E-state index contributed by atoms with van der Waals surface area (Å²) in [6.07, 6.45) is 0.736. The zero-order valence-corrected chi connectivity index (χ0v) is 16.9. The lowest BCUT2D eigenvalue weighted by molar-refractivity contribution is 0.0945. The lowest BCUT2D eigenvalue weighted by atomic mass is 10.1. The third-order valence-electron chi connectivity index (χ3n) is 4.36. The fraction of sp³-hybridized carbons (Fsp3) is 0.381. The predicted molar refractivity (Wildman–Crippen MR) is 110 cm³/mol. The van der Waals surface area contributed by atoms with Gasteiger partial charge in [0.25, 0.3) is 5.91 Å². The van der Waals surface area contributed by atoms with E-state index in [0.717, 1.165) is 45.9 Å². The summed E-state index contributed by atoms with van der Waals surface area (Å²) in [7, 11) is 0. The van der Waals surface area contributed by atoms with E-state index in [0.29, 0.717) is 19.8 Å². The highest BCUT2D eigenvalue weighted by atomic mass is 32.1. The van der Waals surface area contributed by atoms with Crippen molar-refractivity contribution in [2.75, 3.05) is 19.8 Å². The van der Waals surface area contributed by atoms with E-state index in [1.165, 1.54) is 0 Å². The van der Waals surface area contributed by atoms with Crippen LogP contribution in [-0.4, -0.2) is 30.2 Å². The van der Waals surface area contributed by atoms with Crippen molar-refractivity contribution >= 4 is 27.5 Å². The van der Waals surface area contributed by atoms with Gasteiger partial charge in [-0.1, -0.05) is 6.07 Å². The molecule has 3 rings (SSSR count). The number of aromatic nitrogens is 1. The highest BCUT2D eigenvalue weighted by Gasteiger charge is 2.15. The molecule has 1 amide bonds. The Bertz CT molecular complexity index is 913. The summed E-state index contributed by atoms with van der Waals surface area (Å²) in [6, 6.07) is 9.96. The Morgan fingerprint density at radius 2 is 1.85 bits per heavy atom. The number of carbonyl (C=O) groups is 1. The summed E-state index contributed by atoms with van der Waals surface area (Å²) in [6.45, 7) is 8.51. The molecule has 1 aromatic carbocycles. The third-order valence-corrected chi connectivity index (χ3v) is 5.31. The van der Waals surface area contributed by atoms with Crippen LogP contribution in [0.3, 0.4) is 0 Å². The standard InChI is InChI=1S/C21H26N2O3S/c1-4-23-17(14-16-10-12-27-21(16)23)20(24)22-11-9-15-7-8-18(25-5-2)19(13-15)26-6-3/h7-8,10,12-14H,4-6,9,11H2,1-3H3,(H,22,24). The number of rotatable bonds is 9. The van der Waals surface area contributed by atoms with E-state index < -0.39 is 0 Å². The summed E-state index contributed by atoms with van der Waals surface area (Å²) in [5, 5.41) is 6.22. The van der Waals surface area contributed by atoms with Gasteiger partial charge in [-0.05, 0) is 62.4 Å². The molecule has 144 valence electrons. The Balaban J connectivity index is 1.64. The summed E-state index contributed by atoms with van der Waals surface area (Å²) in [4.78, 5) is 13.8. The van der Waals surface area contributed by atoms with Crippen molar-refractivity contribution in [3.63, 3.8) is 0 Å². The van der Waals surface area contributed by atoms with E-state index in [1.807, 2.05) is 38.1 Å². The second-order valence-corrected chi connectivity index (χ2v) is 7.00. The molecule has 2 aromatic heterocycles. The second-order valence-electron chi connectivity index (χ2n) is 6.11. The molecule has 0 aliphatic carbocycles. The molecule has 3 aromatic rings. The van der Waals surface area contributed by atoms with Gasteiger partial charge in [0.2, 0.25) is 0 Å². The number of hydrogen-bond acceptors (Lipinski definition) is 4. The molecule has 1 N–H and O–H groups in total. The van der Waals surface area contributed by atoms with Gasteiger partial charge in [0.1, 0.15) is 10.5 Å². The first-order valence-corrected chi connectivity index (χ1v) is 10.3. The largest absolute Gasteiger partial charge is 0.490 e. The predicted octanol–water partition coefficient (Wildman–Crippen LogP) is 4.49. The smallest absolute Gasteiger partial charge is 0.267 e. The van der Waals surface area contributed by atoms with Crippen molar-refractivity contribution in [1.82, 2.24) is 9.88 Å². The minimum Gasteiger partial charge on any atom is -0.490 e. The van der Waals surface area contributed by atoms with Crippen LogP contribution in [0.5, 0.6) is 11.5 Å². The van der Waals surface area contributed by atoms with Gasteiger partial charge >= 0.3 is 0 Å². The number of nitrogens with one attached hydrogen (secondary N) is 1. The molecule has 0 unspecified atom stereocenters. The third kappa shape index (κ3) is 4.27. The lowest BCUT2D eigenvalue weighted by Gasteiger charge is -2.13. The number of aryl methyl sites for hydroxylation is 1. The fourth-order valence-electron chi connectivity index (χ4n) is 3.14. The van der Waals surface area contributed by atoms with Gasteiger partial charge in [0, 0.05) is 18.5 Å². The van der Waals surface area contributed by atoms with Crippen LogP contribution in [0.25, 0.3) is 10.2 Å². The number of nitrogens with zero attached hydrogens (tertiary/aromatic N) is 1. The Hall–Kier alpha value is -2.47. The Kier molecular flexibility index (Phi) is 6.40. The SMILES string of the molecule is CCOc1ccc(CCNC(=O)c2cc3ccsc3n2CC)cc1OCC. The molecule has 0 spiro atoms. The van der Waals surface area contributed by atoms with E-state index in [9.17, 15) is 4.79 Å². The monoisotopic (exact) mass is 386 g/mol. The first-order chi connectivity index (χ1) is 13.2. The number of hydrogen-bond donors (Lipinski definition) is 1. The van der Waals surface area contributed by atoms with Crippen molar-refractivity contribution in [3.8, 4) is 11.5 Å². The summed E-state index contributed by atoms with van der Waals surface area (Å²) in [5.41, 5.74) is 1.83. The van der Waals surface area contributed by atoms with Crippen LogP contribution in [-0.2, 0) is 13.0 Å². The van der Waals surface area contributed by atoms with E-state index in [1.54, 1.807) is 11.3 Å². The Morgan fingerprint density at radius 3 is 2.59 bits per heavy atom. The minimum absolute atomic E-state index is 0.0313. The normalized spacial score (nSPS) is 10.9. The molecule has 6 heteroatoms. The van der Waals surface area contributed by atoms with Crippen LogP contribution in [0.4, 0.5) is 0 Å². The van der Waals surface area contributed by atoms with Crippen LogP contribution < -0.4 is 14.8 Å². The van der Waals surface area contributed by atoms with Crippen LogP contribution in [0.1, 0.15) is 36.8 Å². The topological polar surface area (TPSA) is 52.5 Å². The van der Waals surface area contributed by atoms with Gasteiger partial charge in [0.15, 0.2) is 11.5 Å². The zero-order valence-electron chi connectivity index (χ0n) is 16.1. The van der Waals surface area contributed by atoms with Gasteiger partial charge in [0.05, 0.1) is 13.2 Å². The molecule has 0 saturated heterocycles. The average molecular weight is 387 g/mol. The summed E-state index contributed by atoms with van der Waals surface area (Å²) >= 11 is 1.67.